The maximum Gasteiger partial charge on any atom is 0.229 e. The van der Waals surface area contributed by atoms with Crippen molar-refractivity contribution < 1.29 is 9.47 Å². The number of hydrogen-bond acceptors (Lipinski definition) is 8. The van der Waals surface area contributed by atoms with E-state index in [4.69, 9.17) is 21.1 Å². The molecule has 10 heteroatoms. The minimum Gasteiger partial charge on any atom is -0.497 e. The van der Waals surface area contributed by atoms with Crippen molar-refractivity contribution in [2.45, 2.75) is 31.7 Å². The minimum atomic E-state index is 0.416. The van der Waals surface area contributed by atoms with E-state index in [9.17, 15) is 0 Å². The zero-order valence-electron chi connectivity index (χ0n) is 21.9. The molecule has 1 unspecified atom stereocenters. The third-order valence-corrected chi connectivity index (χ3v) is 7.75. The lowest BCUT2D eigenvalue weighted by Gasteiger charge is -2.33. The van der Waals surface area contributed by atoms with Gasteiger partial charge in [0, 0.05) is 43.3 Å². The van der Waals surface area contributed by atoms with Gasteiger partial charge in [0.1, 0.15) is 10.8 Å². The van der Waals surface area contributed by atoms with Crippen LogP contribution in [0, 0.1) is 0 Å². The molecular formula is C29H32ClN7O2. The van der Waals surface area contributed by atoms with Crippen LogP contribution < -0.4 is 15.4 Å². The van der Waals surface area contributed by atoms with Crippen molar-refractivity contribution in [2.75, 3.05) is 44.0 Å². The summed E-state index contributed by atoms with van der Waals surface area (Å²) in [4.78, 5) is 11.7. The van der Waals surface area contributed by atoms with Crippen LogP contribution in [-0.2, 0) is 17.6 Å². The Morgan fingerprint density at radius 3 is 2.67 bits per heavy atom. The summed E-state index contributed by atoms with van der Waals surface area (Å²) in [6.07, 6.45) is 9.73. The Hall–Kier alpha value is -3.66. The Balaban J connectivity index is 1.19. The number of morpholine rings is 1. The van der Waals surface area contributed by atoms with Gasteiger partial charge < -0.3 is 20.1 Å². The van der Waals surface area contributed by atoms with Gasteiger partial charge in [0.25, 0.3) is 0 Å². The third-order valence-electron chi connectivity index (χ3n) is 7.47. The molecule has 2 aromatic heterocycles. The summed E-state index contributed by atoms with van der Waals surface area (Å²) in [5.74, 6) is 1.69. The van der Waals surface area contributed by atoms with Crippen molar-refractivity contribution in [3.63, 3.8) is 0 Å². The molecule has 0 radical (unpaired) electrons. The topological polar surface area (TPSA) is 89.4 Å². The molecule has 3 heterocycles. The van der Waals surface area contributed by atoms with Crippen LogP contribution in [0.5, 0.6) is 5.75 Å². The predicted octanol–water partition coefficient (Wildman–Crippen LogP) is 5.39. The number of nitrogens with one attached hydrogen (secondary N) is 2. The van der Waals surface area contributed by atoms with E-state index in [0.29, 0.717) is 22.8 Å². The lowest BCUT2D eigenvalue weighted by atomic mass is 10.0. The molecule has 4 aromatic rings. The number of rotatable bonds is 7. The Bertz CT molecular complexity index is 1420. The first-order valence-corrected chi connectivity index (χ1v) is 13.7. The summed E-state index contributed by atoms with van der Waals surface area (Å²) in [5.41, 5.74) is 5.38. The van der Waals surface area contributed by atoms with E-state index in [1.54, 1.807) is 24.2 Å². The summed E-state index contributed by atoms with van der Waals surface area (Å²) in [6, 6.07) is 14.8. The van der Waals surface area contributed by atoms with Crippen molar-refractivity contribution in [3.8, 4) is 11.4 Å². The van der Waals surface area contributed by atoms with Crippen LogP contribution in [0.3, 0.4) is 0 Å². The maximum absolute atomic E-state index is 6.50. The quantitative estimate of drug-likeness (QED) is 0.299. The first-order chi connectivity index (χ1) is 19.2. The minimum absolute atomic E-state index is 0.416. The molecule has 1 atom stereocenters. The second-order valence-electron chi connectivity index (χ2n) is 9.84. The molecule has 1 aliphatic heterocycles. The molecule has 9 nitrogen and oxygen atoms in total. The number of aryl methyl sites for hydroxylation is 2. The number of anilines is 4. The van der Waals surface area contributed by atoms with Gasteiger partial charge in [-0.05, 0) is 67.1 Å². The average molecular weight is 546 g/mol. The fourth-order valence-electron chi connectivity index (χ4n) is 5.39. The zero-order valence-corrected chi connectivity index (χ0v) is 22.7. The van der Waals surface area contributed by atoms with Crippen molar-refractivity contribution >= 4 is 34.7 Å². The number of fused-ring (bicyclic) bond motifs is 1. The van der Waals surface area contributed by atoms with E-state index in [1.165, 1.54) is 24.0 Å². The monoisotopic (exact) mass is 545 g/mol. The molecular weight excluding hydrogens is 514 g/mol. The lowest BCUT2D eigenvalue weighted by molar-refractivity contribution is 0.0136. The van der Waals surface area contributed by atoms with Crippen LogP contribution in [0.4, 0.5) is 23.1 Å². The van der Waals surface area contributed by atoms with Crippen molar-refractivity contribution in [2.24, 2.45) is 0 Å². The summed E-state index contributed by atoms with van der Waals surface area (Å²) in [7, 11) is 1.64. The van der Waals surface area contributed by atoms with Gasteiger partial charge in [-0.2, -0.15) is 10.1 Å². The fourth-order valence-corrected chi connectivity index (χ4v) is 5.53. The average Bonchev–Trinajstić information content (AvgIpc) is 3.43. The highest BCUT2D eigenvalue weighted by Gasteiger charge is 2.24. The van der Waals surface area contributed by atoms with Crippen LogP contribution in [0.1, 0.15) is 24.0 Å². The smallest absolute Gasteiger partial charge is 0.229 e. The summed E-state index contributed by atoms with van der Waals surface area (Å²) in [5, 5.41) is 11.5. The number of hydrogen-bond donors (Lipinski definition) is 2. The van der Waals surface area contributed by atoms with E-state index in [2.05, 4.69) is 48.8 Å². The van der Waals surface area contributed by atoms with Gasteiger partial charge in [0.15, 0.2) is 5.82 Å². The van der Waals surface area contributed by atoms with Crippen LogP contribution in [0.15, 0.2) is 61.1 Å². The van der Waals surface area contributed by atoms with E-state index in [0.717, 1.165) is 62.0 Å². The van der Waals surface area contributed by atoms with Gasteiger partial charge in [0.05, 0.1) is 37.9 Å². The highest BCUT2D eigenvalue weighted by atomic mass is 35.5. The standard InChI is InChI=1S/C29H32ClN7O2/c1-38-24-9-10-26(27(18-24)37-12-2-11-32-37)34-28-25(30)19-31-29(35-28)33-22-6-3-20-4-7-23(8-5-21(20)17-22)36-13-15-39-16-14-36/h2-3,6,9-12,17-19,23H,4-5,7-8,13-16H2,1H3,(H2,31,33,34,35). The number of benzene rings is 2. The van der Waals surface area contributed by atoms with Gasteiger partial charge in [-0.3, -0.25) is 4.90 Å². The highest BCUT2D eigenvalue weighted by molar-refractivity contribution is 6.33. The van der Waals surface area contributed by atoms with Crippen molar-refractivity contribution in [1.82, 2.24) is 24.6 Å². The van der Waals surface area contributed by atoms with Crippen molar-refractivity contribution in [3.05, 3.63) is 77.2 Å². The maximum atomic E-state index is 6.50. The Labute approximate surface area is 233 Å². The fraction of sp³-hybridized carbons (Fsp3) is 0.345. The predicted molar refractivity (Wildman–Crippen MR) is 153 cm³/mol. The molecule has 202 valence electrons. The lowest BCUT2D eigenvalue weighted by Crippen LogP contribution is -2.43. The molecule has 2 aromatic carbocycles. The number of ether oxygens (including phenoxy) is 2. The normalized spacial score (nSPS) is 17.7. The first kappa shape index (κ1) is 25.6. The van der Waals surface area contributed by atoms with Crippen LogP contribution >= 0.6 is 11.6 Å². The van der Waals surface area contributed by atoms with Crippen LogP contribution in [0.25, 0.3) is 5.69 Å². The number of aromatic nitrogens is 4. The molecule has 1 aliphatic carbocycles. The Morgan fingerprint density at radius 2 is 1.87 bits per heavy atom. The SMILES string of the molecule is COc1ccc(Nc2nc(Nc3ccc4c(c3)CCC(N3CCOCC3)CC4)ncc2Cl)c(-n2cccn2)c1. The van der Waals surface area contributed by atoms with Gasteiger partial charge in [0.2, 0.25) is 5.95 Å². The summed E-state index contributed by atoms with van der Waals surface area (Å²) >= 11 is 6.50. The van der Waals surface area contributed by atoms with Crippen LogP contribution in [-0.4, -0.2) is 64.1 Å². The Kier molecular flexibility index (Phi) is 7.62. The van der Waals surface area contributed by atoms with Crippen LogP contribution in [0.2, 0.25) is 5.02 Å². The molecule has 1 saturated heterocycles. The van der Waals surface area contributed by atoms with Gasteiger partial charge in [-0.1, -0.05) is 17.7 Å². The molecule has 1 fully saturated rings. The van der Waals surface area contributed by atoms with Gasteiger partial charge in [-0.25, -0.2) is 9.67 Å². The number of methoxy groups -OCH3 is 1. The second-order valence-corrected chi connectivity index (χ2v) is 10.2. The van der Waals surface area contributed by atoms with Gasteiger partial charge in [-0.15, -0.1) is 0 Å². The molecule has 2 aliphatic rings. The summed E-state index contributed by atoms with van der Waals surface area (Å²) in [6.45, 7) is 3.77. The largest absolute Gasteiger partial charge is 0.497 e. The third kappa shape index (κ3) is 5.85. The van der Waals surface area contributed by atoms with Crippen molar-refractivity contribution in [1.29, 1.82) is 0 Å². The molecule has 6 rings (SSSR count). The highest BCUT2D eigenvalue weighted by Crippen LogP contribution is 2.32. The molecule has 0 saturated carbocycles. The molecule has 39 heavy (non-hydrogen) atoms. The first-order valence-electron chi connectivity index (χ1n) is 13.3. The number of halogens is 1. The molecule has 2 N–H and O–H groups in total. The van der Waals surface area contributed by atoms with E-state index >= 15 is 0 Å². The van der Waals surface area contributed by atoms with E-state index in [1.807, 2.05) is 30.5 Å². The van der Waals surface area contributed by atoms with E-state index < -0.39 is 0 Å². The Morgan fingerprint density at radius 1 is 1.03 bits per heavy atom. The van der Waals surface area contributed by atoms with Gasteiger partial charge >= 0.3 is 0 Å². The second kappa shape index (κ2) is 11.6. The van der Waals surface area contributed by atoms with E-state index in [-0.39, 0.29) is 0 Å². The number of nitrogens with zero attached hydrogens (tertiary/aromatic N) is 5. The molecule has 0 bridgehead atoms. The molecule has 0 spiro atoms. The molecule has 0 amide bonds. The summed E-state index contributed by atoms with van der Waals surface area (Å²) < 4.78 is 12.7. The zero-order chi connectivity index (χ0) is 26.6.